The molecule has 0 fully saturated rings. The van der Waals surface area contributed by atoms with E-state index in [0.717, 1.165) is 11.3 Å². The molecule has 1 amide bonds. The number of rotatable bonds is 6. The van der Waals surface area contributed by atoms with Crippen molar-refractivity contribution in [2.75, 3.05) is 19.2 Å². The lowest BCUT2D eigenvalue weighted by Gasteiger charge is -2.13. The van der Waals surface area contributed by atoms with Gasteiger partial charge in [-0.3, -0.25) is 4.79 Å². The van der Waals surface area contributed by atoms with Gasteiger partial charge in [0.1, 0.15) is 15.6 Å². The number of carbonyl (C=O) groups excluding carboxylic acids is 2. The van der Waals surface area contributed by atoms with Crippen molar-refractivity contribution in [2.45, 2.75) is 20.0 Å². The van der Waals surface area contributed by atoms with Gasteiger partial charge in [0.15, 0.2) is 17.6 Å². The average molecular weight is 440 g/mol. The highest BCUT2D eigenvalue weighted by Gasteiger charge is 2.24. The molecule has 1 aliphatic heterocycles. The van der Waals surface area contributed by atoms with E-state index in [-0.39, 0.29) is 6.79 Å². The summed E-state index contributed by atoms with van der Waals surface area (Å²) in [4.78, 5) is 29.9. The zero-order chi connectivity index (χ0) is 22.0. The van der Waals surface area contributed by atoms with Crippen LogP contribution in [0.15, 0.2) is 42.5 Å². The molecule has 1 aromatic heterocycles. The summed E-state index contributed by atoms with van der Waals surface area (Å²) in [7, 11) is 1.60. The van der Waals surface area contributed by atoms with Gasteiger partial charge in [-0.05, 0) is 50.2 Å². The summed E-state index contributed by atoms with van der Waals surface area (Å²) in [6.07, 6.45) is -0.996. The van der Waals surface area contributed by atoms with E-state index in [0.29, 0.717) is 32.8 Å². The standard InChI is InChI=1S/C22H20N2O6S/c1-12-19(31-21(23-12)14-4-7-16(27-3)8-5-14)22(26)30-13(2)20(25)24-15-6-9-17-18(10-15)29-11-28-17/h4-10,13H,11H2,1-3H3,(H,24,25)/t13-/m1/s1. The minimum absolute atomic E-state index is 0.146. The third kappa shape index (κ3) is 4.46. The van der Waals surface area contributed by atoms with Gasteiger partial charge in [0, 0.05) is 17.3 Å². The first-order chi connectivity index (χ1) is 14.9. The topological polar surface area (TPSA) is 96.0 Å². The Morgan fingerprint density at radius 1 is 1.13 bits per heavy atom. The van der Waals surface area contributed by atoms with Crippen molar-refractivity contribution >= 4 is 28.9 Å². The van der Waals surface area contributed by atoms with Crippen molar-refractivity contribution in [3.8, 4) is 27.8 Å². The van der Waals surface area contributed by atoms with E-state index in [2.05, 4.69) is 10.3 Å². The Morgan fingerprint density at radius 3 is 2.61 bits per heavy atom. The lowest BCUT2D eigenvalue weighted by Crippen LogP contribution is -2.29. The number of methoxy groups -OCH3 is 1. The summed E-state index contributed by atoms with van der Waals surface area (Å²) in [5.41, 5.74) is 1.93. The number of amides is 1. The fraction of sp³-hybridized carbons (Fsp3) is 0.227. The van der Waals surface area contributed by atoms with Crippen molar-refractivity contribution in [1.82, 2.24) is 4.98 Å². The maximum atomic E-state index is 12.6. The molecule has 160 valence electrons. The zero-order valence-corrected chi connectivity index (χ0v) is 17.9. The molecule has 2 aromatic carbocycles. The molecule has 1 atom stereocenters. The van der Waals surface area contributed by atoms with Crippen molar-refractivity contribution in [2.24, 2.45) is 0 Å². The van der Waals surface area contributed by atoms with Crippen LogP contribution in [0.2, 0.25) is 0 Å². The van der Waals surface area contributed by atoms with E-state index in [4.69, 9.17) is 18.9 Å². The Labute approximate surface area is 182 Å². The molecule has 0 aliphatic carbocycles. The van der Waals surface area contributed by atoms with E-state index in [1.54, 1.807) is 32.2 Å². The first kappa shape index (κ1) is 20.7. The maximum Gasteiger partial charge on any atom is 0.351 e. The summed E-state index contributed by atoms with van der Waals surface area (Å²) >= 11 is 1.22. The number of fused-ring (bicyclic) bond motifs is 1. The van der Waals surface area contributed by atoms with Gasteiger partial charge in [-0.25, -0.2) is 9.78 Å². The number of hydrogen-bond donors (Lipinski definition) is 1. The highest BCUT2D eigenvalue weighted by Crippen LogP contribution is 2.34. The highest BCUT2D eigenvalue weighted by atomic mass is 32.1. The summed E-state index contributed by atoms with van der Waals surface area (Å²) in [5.74, 6) is 0.853. The van der Waals surface area contributed by atoms with Gasteiger partial charge in [0.05, 0.1) is 12.8 Å². The van der Waals surface area contributed by atoms with Crippen LogP contribution in [-0.2, 0) is 9.53 Å². The smallest absolute Gasteiger partial charge is 0.351 e. The third-order valence-electron chi connectivity index (χ3n) is 4.61. The average Bonchev–Trinajstić information content (AvgIpc) is 3.39. The minimum Gasteiger partial charge on any atom is -0.497 e. The van der Waals surface area contributed by atoms with E-state index in [1.807, 2.05) is 24.3 Å². The molecule has 0 saturated carbocycles. The molecule has 8 nitrogen and oxygen atoms in total. The van der Waals surface area contributed by atoms with Crippen molar-refractivity contribution in [3.05, 3.63) is 53.0 Å². The predicted molar refractivity (Wildman–Crippen MR) is 115 cm³/mol. The number of anilines is 1. The SMILES string of the molecule is COc1ccc(-c2nc(C)c(C(=O)O[C@H](C)C(=O)Nc3ccc4c(c3)OCO4)s2)cc1. The molecule has 0 saturated heterocycles. The second-order valence-corrected chi connectivity index (χ2v) is 7.77. The normalized spacial score (nSPS) is 12.9. The summed E-state index contributed by atoms with van der Waals surface area (Å²) in [6, 6.07) is 12.4. The van der Waals surface area contributed by atoms with Crippen LogP contribution in [-0.4, -0.2) is 36.9 Å². The maximum absolute atomic E-state index is 12.6. The second-order valence-electron chi connectivity index (χ2n) is 6.77. The number of ether oxygens (including phenoxy) is 4. The Kier molecular flexibility index (Phi) is 5.77. The molecule has 1 N–H and O–H groups in total. The fourth-order valence-corrected chi connectivity index (χ4v) is 3.88. The number of nitrogens with zero attached hydrogens (tertiary/aromatic N) is 1. The van der Waals surface area contributed by atoms with Crippen molar-refractivity contribution < 1.29 is 28.5 Å². The van der Waals surface area contributed by atoms with Crippen LogP contribution in [0.4, 0.5) is 5.69 Å². The van der Waals surface area contributed by atoms with Gasteiger partial charge in [-0.1, -0.05) is 0 Å². The van der Waals surface area contributed by atoms with Gasteiger partial charge in [-0.15, -0.1) is 11.3 Å². The predicted octanol–water partition coefficient (Wildman–Crippen LogP) is 4.04. The molecule has 3 aromatic rings. The van der Waals surface area contributed by atoms with Crippen molar-refractivity contribution in [3.63, 3.8) is 0 Å². The van der Waals surface area contributed by atoms with E-state index in [1.165, 1.54) is 18.3 Å². The Bertz CT molecular complexity index is 1130. The number of carbonyl (C=O) groups is 2. The first-order valence-electron chi connectivity index (χ1n) is 9.48. The molecular weight excluding hydrogens is 420 g/mol. The highest BCUT2D eigenvalue weighted by molar-refractivity contribution is 7.17. The van der Waals surface area contributed by atoms with E-state index >= 15 is 0 Å². The quantitative estimate of drug-likeness (QED) is 0.578. The van der Waals surface area contributed by atoms with Crippen LogP contribution in [0, 0.1) is 6.92 Å². The molecule has 9 heteroatoms. The van der Waals surface area contributed by atoms with Crippen LogP contribution in [0.1, 0.15) is 22.3 Å². The lowest BCUT2D eigenvalue weighted by molar-refractivity contribution is -0.123. The van der Waals surface area contributed by atoms with E-state index < -0.39 is 18.0 Å². The molecule has 2 heterocycles. The van der Waals surface area contributed by atoms with Crippen LogP contribution in [0.5, 0.6) is 17.2 Å². The number of nitrogens with one attached hydrogen (secondary N) is 1. The van der Waals surface area contributed by atoms with Crippen molar-refractivity contribution in [1.29, 1.82) is 0 Å². The van der Waals surface area contributed by atoms with Crippen LogP contribution in [0.3, 0.4) is 0 Å². The molecule has 0 spiro atoms. The van der Waals surface area contributed by atoms with Crippen LogP contribution >= 0.6 is 11.3 Å². The van der Waals surface area contributed by atoms with Crippen LogP contribution < -0.4 is 19.5 Å². The Hall–Kier alpha value is -3.59. The molecule has 31 heavy (non-hydrogen) atoms. The van der Waals surface area contributed by atoms with Gasteiger partial charge >= 0.3 is 5.97 Å². The van der Waals surface area contributed by atoms with Gasteiger partial charge in [-0.2, -0.15) is 0 Å². The number of esters is 1. The number of hydrogen-bond acceptors (Lipinski definition) is 8. The minimum atomic E-state index is -0.996. The summed E-state index contributed by atoms with van der Waals surface area (Å²) < 4.78 is 21.1. The number of thiazole rings is 1. The summed E-state index contributed by atoms with van der Waals surface area (Å²) in [6.45, 7) is 3.39. The molecule has 1 aliphatic rings. The number of aromatic nitrogens is 1. The van der Waals surface area contributed by atoms with Gasteiger partial charge in [0.2, 0.25) is 6.79 Å². The summed E-state index contributed by atoms with van der Waals surface area (Å²) in [5, 5.41) is 3.39. The van der Waals surface area contributed by atoms with Crippen LogP contribution in [0.25, 0.3) is 10.6 Å². The Morgan fingerprint density at radius 2 is 1.87 bits per heavy atom. The number of aryl methyl sites for hydroxylation is 1. The molecule has 0 radical (unpaired) electrons. The zero-order valence-electron chi connectivity index (χ0n) is 17.1. The third-order valence-corrected chi connectivity index (χ3v) is 5.80. The number of benzene rings is 2. The van der Waals surface area contributed by atoms with Gasteiger partial charge < -0.3 is 24.3 Å². The van der Waals surface area contributed by atoms with Gasteiger partial charge in [0.25, 0.3) is 5.91 Å². The molecule has 0 unspecified atom stereocenters. The Balaban J connectivity index is 1.41. The second kappa shape index (κ2) is 8.65. The molecule has 0 bridgehead atoms. The first-order valence-corrected chi connectivity index (χ1v) is 10.3. The largest absolute Gasteiger partial charge is 0.497 e. The molecular formula is C22H20N2O6S. The van der Waals surface area contributed by atoms with E-state index in [9.17, 15) is 9.59 Å². The fourth-order valence-electron chi connectivity index (χ4n) is 2.93. The lowest BCUT2D eigenvalue weighted by atomic mass is 10.2. The molecule has 4 rings (SSSR count). The monoisotopic (exact) mass is 440 g/mol.